The molecule has 0 N–H and O–H groups in total. The summed E-state index contributed by atoms with van der Waals surface area (Å²) in [5.74, 6) is 1.15. The molecule has 0 bridgehead atoms. The molecule has 0 aliphatic carbocycles. The van der Waals surface area contributed by atoms with Crippen LogP contribution in [0.4, 0.5) is 0 Å². The molecule has 0 atom stereocenters. The molecular weight excluding hydrogens is 236 g/mol. The molecule has 0 radical (unpaired) electrons. The first kappa shape index (κ1) is 11.9. The highest BCUT2D eigenvalue weighted by molar-refractivity contribution is 5.82. The molecule has 0 spiro atoms. The molecule has 0 amide bonds. The second-order valence-electron chi connectivity index (χ2n) is 5.04. The van der Waals surface area contributed by atoms with Gasteiger partial charge in [-0.2, -0.15) is 0 Å². The summed E-state index contributed by atoms with van der Waals surface area (Å²) < 4.78 is 5.33. The number of nitrogens with zero attached hydrogens (tertiary/aromatic N) is 2. The van der Waals surface area contributed by atoms with Crippen molar-refractivity contribution in [1.29, 1.82) is 0 Å². The van der Waals surface area contributed by atoms with Crippen molar-refractivity contribution in [3.63, 3.8) is 0 Å². The molecule has 0 aliphatic heterocycles. The molecule has 0 aliphatic rings. The lowest BCUT2D eigenvalue weighted by Gasteiger charge is -2.06. The third kappa shape index (κ3) is 2.01. The molecular formula is C16H16N2O. The number of hydrogen-bond acceptors (Lipinski definition) is 3. The summed E-state index contributed by atoms with van der Waals surface area (Å²) in [4.78, 5) is 4.72. The van der Waals surface area contributed by atoms with Crippen molar-refractivity contribution in [3.05, 3.63) is 47.9 Å². The molecule has 0 saturated heterocycles. The van der Waals surface area contributed by atoms with Gasteiger partial charge in [0.2, 0.25) is 0 Å². The molecule has 2 aromatic heterocycles. The lowest BCUT2D eigenvalue weighted by molar-refractivity contribution is 0.388. The second kappa shape index (κ2) is 4.50. The maximum absolute atomic E-state index is 5.33. The van der Waals surface area contributed by atoms with Crippen LogP contribution in [0.5, 0.6) is 0 Å². The minimum Gasteiger partial charge on any atom is -0.361 e. The van der Waals surface area contributed by atoms with E-state index >= 15 is 0 Å². The normalized spacial score (nSPS) is 11.4. The summed E-state index contributed by atoms with van der Waals surface area (Å²) in [6, 6.07) is 12.2. The Morgan fingerprint density at radius 2 is 1.84 bits per heavy atom. The van der Waals surface area contributed by atoms with E-state index < -0.39 is 0 Å². The average Bonchev–Trinajstić information content (AvgIpc) is 2.80. The van der Waals surface area contributed by atoms with Gasteiger partial charge in [-0.25, -0.2) is 4.98 Å². The maximum atomic E-state index is 5.33. The van der Waals surface area contributed by atoms with Crippen molar-refractivity contribution in [2.75, 3.05) is 0 Å². The Kier molecular flexibility index (Phi) is 2.82. The molecule has 2 heterocycles. The van der Waals surface area contributed by atoms with E-state index in [1.54, 1.807) is 0 Å². The Morgan fingerprint density at radius 3 is 2.63 bits per heavy atom. The van der Waals surface area contributed by atoms with Gasteiger partial charge in [-0.3, -0.25) is 0 Å². The van der Waals surface area contributed by atoms with E-state index in [1.807, 2.05) is 31.2 Å². The van der Waals surface area contributed by atoms with Crippen molar-refractivity contribution < 1.29 is 4.52 Å². The Hall–Kier alpha value is -2.16. The molecule has 1 aromatic carbocycles. The van der Waals surface area contributed by atoms with Gasteiger partial charge >= 0.3 is 0 Å². The zero-order valence-electron chi connectivity index (χ0n) is 11.3. The predicted octanol–water partition coefficient (Wildman–Crippen LogP) is 4.32. The molecule has 19 heavy (non-hydrogen) atoms. The minimum absolute atomic E-state index is 0.320. The third-order valence-electron chi connectivity index (χ3n) is 3.29. The maximum Gasteiger partial charge on any atom is 0.143 e. The van der Waals surface area contributed by atoms with Crippen LogP contribution in [-0.4, -0.2) is 10.1 Å². The number of fused-ring (bicyclic) bond motifs is 1. The van der Waals surface area contributed by atoms with Crippen LogP contribution in [0.15, 0.2) is 40.9 Å². The van der Waals surface area contributed by atoms with Gasteiger partial charge in [-0.15, -0.1) is 0 Å². The highest BCUT2D eigenvalue weighted by Gasteiger charge is 2.18. The first-order valence-electron chi connectivity index (χ1n) is 6.49. The zero-order valence-corrected chi connectivity index (χ0v) is 11.3. The minimum atomic E-state index is 0.320. The van der Waals surface area contributed by atoms with E-state index in [0.29, 0.717) is 5.92 Å². The Balaban J connectivity index is 2.21. The fourth-order valence-electron chi connectivity index (χ4n) is 2.30. The van der Waals surface area contributed by atoms with Gasteiger partial charge in [0, 0.05) is 5.39 Å². The quantitative estimate of drug-likeness (QED) is 0.681. The Bertz CT molecular complexity index is 728. The van der Waals surface area contributed by atoms with Crippen LogP contribution in [0.3, 0.4) is 0 Å². The van der Waals surface area contributed by atoms with Crippen LogP contribution in [-0.2, 0) is 0 Å². The van der Waals surface area contributed by atoms with Crippen LogP contribution in [0, 0.1) is 6.92 Å². The number of benzene rings is 1. The van der Waals surface area contributed by atoms with Crippen molar-refractivity contribution in [2.45, 2.75) is 26.7 Å². The monoisotopic (exact) mass is 252 g/mol. The SMILES string of the molecule is Cc1onc(C(C)C)c1-c1ccc2ccccc2n1. The highest BCUT2D eigenvalue weighted by Crippen LogP contribution is 2.31. The van der Waals surface area contributed by atoms with E-state index in [1.165, 1.54) is 0 Å². The second-order valence-corrected chi connectivity index (χ2v) is 5.04. The van der Waals surface area contributed by atoms with Gasteiger partial charge < -0.3 is 4.52 Å². The highest BCUT2D eigenvalue weighted by atomic mass is 16.5. The third-order valence-corrected chi connectivity index (χ3v) is 3.29. The summed E-state index contributed by atoms with van der Waals surface area (Å²) in [7, 11) is 0. The smallest absolute Gasteiger partial charge is 0.143 e. The van der Waals surface area contributed by atoms with Crippen LogP contribution in [0.25, 0.3) is 22.2 Å². The van der Waals surface area contributed by atoms with Gasteiger partial charge in [-0.05, 0) is 25.0 Å². The molecule has 0 unspecified atom stereocenters. The standard InChI is InChI=1S/C16H16N2O/c1-10(2)16-15(11(3)19-18-16)14-9-8-12-6-4-5-7-13(12)17-14/h4-10H,1-3H3. The first-order valence-corrected chi connectivity index (χ1v) is 6.49. The van der Waals surface area contributed by atoms with Crippen molar-refractivity contribution in [2.24, 2.45) is 0 Å². The van der Waals surface area contributed by atoms with E-state index in [2.05, 4.69) is 31.1 Å². The fraction of sp³-hybridized carbons (Fsp3) is 0.250. The van der Waals surface area contributed by atoms with Crippen LogP contribution in [0.1, 0.15) is 31.2 Å². The van der Waals surface area contributed by atoms with Gasteiger partial charge in [0.25, 0.3) is 0 Å². The number of aromatic nitrogens is 2. The molecule has 3 rings (SSSR count). The van der Waals surface area contributed by atoms with Gasteiger partial charge in [0.1, 0.15) is 5.76 Å². The summed E-state index contributed by atoms with van der Waals surface area (Å²) in [6.07, 6.45) is 0. The predicted molar refractivity (Wildman–Crippen MR) is 76.1 cm³/mol. The number of rotatable bonds is 2. The fourth-order valence-corrected chi connectivity index (χ4v) is 2.30. The largest absolute Gasteiger partial charge is 0.361 e. The summed E-state index contributed by atoms with van der Waals surface area (Å²) in [5, 5.41) is 5.30. The van der Waals surface area contributed by atoms with E-state index in [0.717, 1.165) is 33.6 Å². The van der Waals surface area contributed by atoms with Crippen LogP contribution >= 0.6 is 0 Å². The summed E-state index contributed by atoms with van der Waals surface area (Å²) in [5.41, 5.74) is 3.93. The lowest BCUT2D eigenvalue weighted by atomic mass is 10.0. The summed E-state index contributed by atoms with van der Waals surface area (Å²) >= 11 is 0. The zero-order chi connectivity index (χ0) is 13.4. The Morgan fingerprint density at radius 1 is 1.05 bits per heavy atom. The van der Waals surface area contributed by atoms with Crippen molar-refractivity contribution in [1.82, 2.24) is 10.1 Å². The lowest BCUT2D eigenvalue weighted by Crippen LogP contribution is -1.93. The van der Waals surface area contributed by atoms with E-state index in [-0.39, 0.29) is 0 Å². The topological polar surface area (TPSA) is 38.9 Å². The molecule has 96 valence electrons. The molecule has 0 fully saturated rings. The van der Waals surface area contributed by atoms with Gasteiger partial charge in [-0.1, -0.05) is 43.3 Å². The van der Waals surface area contributed by atoms with E-state index in [4.69, 9.17) is 9.51 Å². The Labute approximate surface area is 112 Å². The molecule has 3 nitrogen and oxygen atoms in total. The number of para-hydroxylation sites is 1. The number of pyridine rings is 1. The van der Waals surface area contributed by atoms with Gasteiger partial charge in [0.15, 0.2) is 0 Å². The number of aryl methyl sites for hydroxylation is 1. The van der Waals surface area contributed by atoms with Crippen LogP contribution in [0.2, 0.25) is 0 Å². The summed E-state index contributed by atoms with van der Waals surface area (Å²) in [6.45, 7) is 6.16. The van der Waals surface area contributed by atoms with Crippen molar-refractivity contribution in [3.8, 4) is 11.3 Å². The van der Waals surface area contributed by atoms with Crippen molar-refractivity contribution >= 4 is 10.9 Å². The number of hydrogen-bond donors (Lipinski definition) is 0. The average molecular weight is 252 g/mol. The van der Waals surface area contributed by atoms with E-state index in [9.17, 15) is 0 Å². The molecule has 0 saturated carbocycles. The first-order chi connectivity index (χ1) is 9.16. The molecule has 3 heteroatoms. The molecule has 3 aromatic rings. The van der Waals surface area contributed by atoms with Crippen LogP contribution < -0.4 is 0 Å². The van der Waals surface area contributed by atoms with Gasteiger partial charge in [0.05, 0.1) is 22.5 Å².